The van der Waals surface area contributed by atoms with Crippen LogP contribution in [0.5, 0.6) is 0 Å². The Morgan fingerprint density at radius 1 is 1.29 bits per heavy atom. The van der Waals surface area contributed by atoms with E-state index in [1.54, 1.807) is 6.20 Å². The van der Waals surface area contributed by atoms with Crippen LogP contribution < -0.4 is 0 Å². The fraction of sp³-hybridized carbons (Fsp3) is 0.294. The molecule has 21 heavy (non-hydrogen) atoms. The topological polar surface area (TPSA) is 33.2 Å². The number of hydrogen-bond donors (Lipinski definition) is 0. The van der Waals surface area contributed by atoms with Gasteiger partial charge in [0.15, 0.2) is 0 Å². The monoisotopic (exact) mass is 346 g/mol. The lowest BCUT2D eigenvalue weighted by Crippen LogP contribution is -2.36. The number of amides is 1. The van der Waals surface area contributed by atoms with E-state index in [1.165, 1.54) is 0 Å². The molecule has 110 valence electrons. The van der Waals surface area contributed by atoms with Crippen LogP contribution in [0.2, 0.25) is 0 Å². The average molecular weight is 347 g/mol. The van der Waals surface area contributed by atoms with E-state index in [0.29, 0.717) is 12.1 Å². The first-order chi connectivity index (χ1) is 9.99. The highest BCUT2D eigenvalue weighted by Gasteiger charge is 2.21. The quantitative estimate of drug-likeness (QED) is 0.830. The molecule has 2 rings (SSSR count). The number of aromatic nitrogens is 1. The van der Waals surface area contributed by atoms with Crippen molar-refractivity contribution in [1.82, 2.24) is 9.88 Å². The summed E-state index contributed by atoms with van der Waals surface area (Å²) in [5.41, 5.74) is 2.70. The highest BCUT2D eigenvalue weighted by atomic mass is 79.9. The van der Waals surface area contributed by atoms with Gasteiger partial charge in [-0.2, -0.15) is 0 Å². The minimum atomic E-state index is 0.0162. The Labute approximate surface area is 134 Å². The van der Waals surface area contributed by atoms with E-state index in [-0.39, 0.29) is 11.9 Å². The van der Waals surface area contributed by atoms with E-state index in [4.69, 9.17) is 0 Å². The lowest BCUT2D eigenvalue weighted by atomic mass is 10.1. The molecule has 0 saturated carbocycles. The second kappa shape index (κ2) is 6.85. The van der Waals surface area contributed by atoms with Gasteiger partial charge >= 0.3 is 0 Å². The Morgan fingerprint density at radius 2 is 2.05 bits per heavy atom. The molecule has 0 unspecified atom stereocenters. The maximum atomic E-state index is 12.8. The van der Waals surface area contributed by atoms with E-state index in [2.05, 4.69) is 20.9 Å². The molecule has 0 atom stereocenters. The fourth-order valence-corrected chi connectivity index (χ4v) is 2.77. The van der Waals surface area contributed by atoms with Gasteiger partial charge in [0.05, 0.1) is 17.8 Å². The summed E-state index contributed by atoms with van der Waals surface area (Å²) in [7, 11) is 0. The Hall–Kier alpha value is -1.68. The van der Waals surface area contributed by atoms with E-state index < -0.39 is 0 Å². The number of nitrogens with zero attached hydrogens (tertiary/aromatic N) is 2. The smallest absolute Gasteiger partial charge is 0.255 e. The van der Waals surface area contributed by atoms with Crippen molar-refractivity contribution in [3.8, 4) is 0 Å². The van der Waals surface area contributed by atoms with Crippen LogP contribution in [0.1, 0.15) is 35.5 Å². The molecule has 0 spiro atoms. The highest BCUT2D eigenvalue weighted by molar-refractivity contribution is 9.10. The van der Waals surface area contributed by atoms with Crippen molar-refractivity contribution in [2.24, 2.45) is 0 Å². The van der Waals surface area contributed by atoms with Gasteiger partial charge in [-0.3, -0.25) is 9.78 Å². The minimum absolute atomic E-state index is 0.0162. The number of carbonyl (C=O) groups excluding carboxylic acids is 1. The van der Waals surface area contributed by atoms with Gasteiger partial charge in [0.25, 0.3) is 5.91 Å². The molecule has 0 aliphatic carbocycles. The second-order valence-corrected chi connectivity index (χ2v) is 6.19. The molecule has 0 aliphatic heterocycles. The van der Waals surface area contributed by atoms with Crippen molar-refractivity contribution in [1.29, 1.82) is 0 Å². The summed E-state index contributed by atoms with van der Waals surface area (Å²) in [6, 6.07) is 11.6. The van der Waals surface area contributed by atoms with Crippen molar-refractivity contribution in [2.75, 3.05) is 0 Å². The molecule has 0 radical (unpaired) electrons. The number of pyridine rings is 1. The molecular weight excluding hydrogens is 328 g/mol. The Kier molecular flexibility index (Phi) is 5.12. The molecule has 0 fully saturated rings. The van der Waals surface area contributed by atoms with Crippen molar-refractivity contribution < 1.29 is 4.79 Å². The zero-order chi connectivity index (χ0) is 15.4. The maximum Gasteiger partial charge on any atom is 0.255 e. The zero-order valence-electron chi connectivity index (χ0n) is 12.5. The van der Waals surface area contributed by atoms with Crippen molar-refractivity contribution >= 4 is 21.8 Å². The Balaban J connectivity index is 2.27. The number of rotatable bonds is 4. The predicted octanol–water partition coefficient (Wildman–Crippen LogP) is 4.20. The number of aryl methyl sites for hydroxylation is 1. The third-order valence-electron chi connectivity index (χ3n) is 3.30. The molecule has 1 amide bonds. The summed E-state index contributed by atoms with van der Waals surface area (Å²) < 4.78 is 0.833. The SMILES string of the molecule is Cc1ccc(C(=O)N(Cc2ccccn2)C(C)C)c(Br)c1. The van der Waals surface area contributed by atoms with Gasteiger partial charge in [-0.1, -0.05) is 12.1 Å². The summed E-state index contributed by atoms with van der Waals surface area (Å²) in [5.74, 6) is 0.0162. The lowest BCUT2D eigenvalue weighted by molar-refractivity contribution is 0.0687. The largest absolute Gasteiger partial charge is 0.330 e. The van der Waals surface area contributed by atoms with Crippen LogP contribution in [0.25, 0.3) is 0 Å². The van der Waals surface area contributed by atoms with Crippen LogP contribution in [-0.4, -0.2) is 21.8 Å². The number of halogens is 1. The van der Waals surface area contributed by atoms with Crippen LogP contribution in [0.4, 0.5) is 0 Å². The highest BCUT2D eigenvalue weighted by Crippen LogP contribution is 2.21. The summed E-state index contributed by atoms with van der Waals surface area (Å²) in [5, 5.41) is 0. The van der Waals surface area contributed by atoms with E-state index in [1.807, 2.05) is 62.1 Å². The van der Waals surface area contributed by atoms with Gasteiger partial charge in [0.2, 0.25) is 0 Å². The lowest BCUT2D eigenvalue weighted by Gasteiger charge is -2.27. The fourth-order valence-electron chi connectivity index (χ4n) is 2.10. The second-order valence-electron chi connectivity index (χ2n) is 5.33. The number of hydrogen-bond acceptors (Lipinski definition) is 2. The average Bonchev–Trinajstić information content (AvgIpc) is 2.45. The van der Waals surface area contributed by atoms with Crippen LogP contribution in [0.15, 0.2) is 47.1 Å². The Bertz CT molecular complexity index is 626. The maximum absolute atomic E-state index is 12.8. The Morgan fingerprint density at radius 3 is 2.62 bits per heavy atom. The number of benzene rings is 1. The van der Waals surface area contributed by atoms with E-state index in [9.17, 15) is 4.79 Å². The summed E-state index contributed by atoms with van der Waals surface area (Å²) >= 11 is 3.49. The number of carbonyl (C=O) groups is 1. The molecule has 1 heterocycles. The van der Waals surface area contributed by atoms with Crippen LogP contribution in [0.3, 0.4) is 0 Å². The van der Waals surface area contributed by atoms with E-state index >= 15 is 0 Å². The van der Waals surface area contributed by atoms with Gasteiger partial charge in [-0.15, -0.1) is 0 Å². The first-order valence-corrected chi connectivity index (χ1v) is 7.75. The standard InChI is InChI=1S/C17H19BrN2O/c1-12(2)20(11-14-6-4-5-9-19-14)17(21)15-8-7-13(3)10-16(15)18/h4-10,12H,11H2,1-3H3. The molecule has 4 heteroatoms. The summed E-state index contributed by atoms with van der Waals surface area (Å²) in [4.78, 5) is 18.9. The predicted molar refractivity (Wildman–Crippen MR) is 88.1 cm³/mol. The molecule has 3 nitrogen and oxygen atoms in total. The summed E-state index contributed by atoms with van der Waals surface area (Å²) in [6.45, 7) is 6.55. The first-order valence-electron chi connectivity index (χ1n) is 6.96. The van der Waals surface area contributed by atoms with Crippen LogP contribution in [0, 0.1) is 6.92 Å². The van der Waals surface area contributed by atoms with Crippen molar-refractivity contribution in [3.05, 3.63) is 63.9 Å². The molecule has 0 aliphatic rings. The van der Waals surface area contributed by atoms with Gasteiger partial charge < -0.3 is 4.90 Å². The van der Waals surface area contributed by atoms with E-state index in [0.717, 1.165) is 15.7 Å². The third-order valence-corrected chi connectivity index (χ3v) is 3.95. The first kappa shape index (κ1) is 15.7. The van der Waals surface area contributed by atoms with Crippen molar-refractivity contribution in [3.63, 3.8) is 0 Å². The molecular formula is C17H19BrN2O. The molecule has 0 saturated heterocycles. The molecule has 0 N–H and O–H groups in total. The zero-order valence-corrected chi connectivity index (χ0v) is 14.1. The van der Waals surface area contributed by atoms with Crippen LogP contribution >= 0.6 is 15.9 Å². The minimum Gasteiger partial charge on any atom is -0.330 e. The molecule has 1 aromatic heterocycles. The molecule has 1 aromatic carbocycles. The van der Waals surface area contributed by atoms with Crippen molar-refractivity contribution in [2.45, 2.75) is 33.4 Å². The van der Waals surface area contributed by atoms with Gasteiger partial charge in [0, 0.05) is 16.7 Å². The molecule has 2 aromatic rings. The molecule has 0 bridgehead atoms. The van der Waals surface area contributed by atoms with Gasteiger partial charge in [-0.05, 0) is 66.5 Å². The summed E-state index contributed by atoms with van der Waals surface area (Å²) in [6.07, 6.45) is 1.75. The third kappa shape index (κ3) is 3.91. The van der Waals surface area contributed by atoms with Gasteiger partial charge in [-0.25, -0.2) is 0 Å². The van der Waals surface area contributed by atoms with Gasteiger partial charge in [0.1, 0.15) is 0 Å². The normalized spacial score (nSPS) is 10.7. The van der Waals surface area contributed by atoms with Crippen LogP contribution in [-0.2, 0) is 6.54 Å².